The van der Waals surface area contributed by atoms with Gasteiger partial charge in [-0.1, -0.05) is 67.6 Å². The van der Waals surface area contributed by atoms with E-state index in [-0.39, 0.29) is 114 Å². The zero-order valence-electron chi connectivity index (χ0n) is 61.5. The molecule has 6 heterocycles. The Morgan fingerprint density at radius 1 is 0.505 bits per heavy atom. The van der Waals surface area contributed by atoms with Crippen molar-refractivity contribution in [1.82, 2.24) is 34.9 Å². The van der Waals surface area contributed by atoms with Gasteiger partial charge in [0, 0.05) is 105 Å². The second-order valence-corrected chi connectivity index (χ2v) is 28.8. The van der Waals surface area contributed by atoms with E-state index in [0.29, 0.717) is 95.9 Å². The molecule has 0 aromatic carbocycles. The Balaban J connectivity index is -0.00000116. The minimum Gasteiger partial charge on any atom is -0.466 e. The number of hydrogen-bond acceptors (Lipinski definition) is 20. The number of likely N-dealkylation sites (tertiary alicyclic amines) is 5. The van der Waals surface area contributed by atoms with Gasteiger partial charge in [-0.2, -0.15) is 0 Å². The molecule has 6 rings (SSSR count). The predicted molar refractivity (Wildman–Crippen MR) is 374 cm³/mol. The van der Waals surface area contributed by atoms with Crippen molar-refractivity contribution in [2.45, 2.75) is 221 Å². The van der Waals surface area contributed by atoms with Gasteiger partial charge in [0.25, 0.3) is 11.8 Å². The van der Waals surface area contributed by atoms with Crippen molar-refractivity contribution in [1.29, 1.82) is 0 Å². The molecule has 6 aliphatic rings. The molecule has 101 heavy (non-hydrogen) atoms. The zero-order valence-corrected chi connectivity index (χ0v) is 66.7. The summed E-state index contributed by atoms with van der Waals surface area (Å²) in [6.07, 6.45) is 7.49. The first-order chi connectivity index (χ1) is 46.7. The number of imide groups is 1. The van der Waals surface area contributed by atoms with Crippen LogP contribution in [0.5, 0.6) is 0 Å². The second kappa shape index (κ2) is 49.4. The molecule has 6 fully saturated rings. The van der Waals surface area contributed by atoms with Crippen molar-refractivity contribution < 1.29 is 106 Å². The van der Waals surface area contributed by atoms with E-state index in [1.54, 1.807) is 109 Å². The first-order valence-corrected chi connectivity index (χ1v) is 34.4. The van der Waals surface area contributed by atoms with E-state index in [9.17, 15) is 57.5 Å². The van der Waals surface area contributed by atoms with Crippen LogP contribution in [0.4, 0.5) is 0 Å². The average molecular weight is 1570 g/mol. The molecule has 0 saturated carbocycles. The summed E-state index contributed by atoms with van der Waals surface area (Å²) < 4.78 is 14.2. The topological polar surface area (TPSA) is 504 Å². The van der Waals surface area contributed by atoms with Crippen LogP contribution in [0.2, 0.25) is 0 Å². The van der Waals surface area contributed by atoms with Crippen LogP contribution in [-0.2, 0) is 76.6 Å². The largest absolute Gasteiger partial charge is 1.00 e. The number of nitrogens with one attached hydrogen (secondary N) is 1. The van der Waals surface area contributed by atoms with Crippen LogP contribution in [0.3, 0.4) is 0 Å². The Kier molecular flexibility index (Phi) is 47.9. The van der Waals surface area contributed by atoms with Crippen LogP contribution < -0.4 is 40.6 Å². The molecular formula is C62H103Br2N20NaO16. The fourth-order valence-corrected chi connectivity index (χ4v) is 11.4. The van der Waals surface area contributed by atoms with E-state index in [2.05, 4.69) is 79.6 Å². The number of hydroxylamine groups is 2. The molecular weight excluding hydrogens is 1460 g/mol. The molecule has 39 heteroatoms. The van der Waals surface area contributed by atoms with Crippen LogP contribution in [0.15, 0.2) is 28.1 Å². The Hall–Kier alpha value is -7.26. The average Bonchev–Trinajstić information content (AvgIpc) is 1.81. The molecule has 36 nitrogen and oxygen atoms in total. The molecule has 0 bridgehead atoms. The normalized spacial score (nSPS) is 16.7. The van der Waals surface area contributed by atoms with Crippen LogP contribution in [0, 0.1) is 21.7 Å². The summed E-state index contributed by atoms with van der Waals surface area (Å²) in [5, 5.41) is 14.0. The van der Waals surface area contributed by atoms with Crippen molar-refractivity contribution in [3.63, 3.8) is 0 Å². The van der Waals surface area contributed by atoms with Gasteiger partial charge in [0.15, 0.2) is 0 Å². The summed E-state index contributed by atoms with van der Waals surface area (Å²) in [5.74, 6) is -2.65. The fraction of sp³-hybridized carbons (Fsp3) is 0.774. The van der Waals surface area contributed by atoms with Crippen molar-refractivity contribution in [3.05, 3.63) is 60.1 Å². The van der Waals surface area contributed by atoms with Gasteiger partial charge in [-0.15, -0.1) is 5.06 Å². The van der Waals surface area contributed by atoms with Gasteiger partial charge in [-0.25, -0.2) is 4.79 Å². The van der Waals surface area contributed by atoms with Crippen LogP contribution in [-0.4, -0.2) is 195 Å². The summed E-state index contributed by atoms with van der Waals surface area (Å²) in [6, 6.07) is 0. The molecule has 6 aliphatic heterocycles. The molecule has 0 aromatic rings. The number of carbonyl (C=O) groups excluding carboxylic acids is 12. The number of ether oxygens (including phenoxy) is 3. The van der Waals surface area contributed by atoms with Crippen molar-refractivity contribution in [3.8, 4) is 0 Å². The fourth-order valence-electron chi connectivity index (χ4n) is 10.0. The molecule has 8 amide bonds. The van der Waals surface area contributed by atoms with Crippen molar-refractivity contribution in [2.24, 2.45) is 42.7 Å². The summed E-state index contributed by atoms with van der Waals surface area (Å²) in [7, 11) is 3.06. The molecule has 4 unspecified atom stereocenters. The maximum atomic E-state index is 12.3. The second-order valence-electron chi connectivity index (χ2n) is 25.7. The molecule has 3 N–H and O–H groups in total. The summed E-state index contributed by atoms with van der Waals surface area (Å²) in [5.41, 5.74) is 40.7. The number of nitrogens with two attached hydrogens (primary N) is 1. The van der Waals surface area contributed by atoms with E-state index in [1.165, 1.54) is 16.9 Å². The molecule has 6 saturated heterocycles. The number of alkyl halides is 2. The molecule has 4 atom stereocenters. The van der Waals surface area contributed by atoms with Gasteiger partial charge in [0.2, 0.25) is 35.4 Å². The van der Waals surface area contributed by atoms with Crippen LogP contribution in [0.25, 0.3) is 47.3 Å². The van der Waals surface area contributed by atoms with Crippen LogP contribution in [0.1, 0.15) is 193 Å². The number of hydrogen-bond donors (Lipinski definition) is 2. The van der Waals surface area contributed by atoms with Crippen molar-refractivity contribution in [2.75, 3.05) is 66.6 Å². The quantitative estimate of drug-likeness (QED) is 0.0106. The van der Waals surface area contributed by atoms with Crippen LogP contribution >= 0.6 is 31.9 Å². The molecule has 0 aliphatic carbocycles. The number of amides is 8. The monoisotopic (exact) mass is 1560 g/mol. The summed E-state index contributed by atoms with van der Waals surface area (Å²) in [6.45, 7) is 30.5. The third kappa shape index (κ3) is 35.0. The minimum atomic E-state index is -1.16. The maximum Gasteiger partial charge on any atom is 1.00 e. The van der Waals surface area contributed by atoms with E-state index < -0.39 is 62.3 Å². The summed E-state index contributed by atoms with van der Waals surface area (Å²) in [4.78, 5) is 162. The standard InChI is InChI=1S/C14H19N5O5.C12H20BrNO3.C12H20N4O3.C11H19N5O2.C6H11BrO2.C6H9NO.CH5N.N3.Na/c1-14(2,13(23)24-19-11(21)5-6-12(19)22)8-9(16-17-15)18-7-3-4-10(18)20;1-4-17-11(16)12(2,3)8-9(13)14-7-5-6-10(14)15;1-4-19-11(18)12(2,3)8-9(14-15-13)16-7-5-6-10(16)17;1-11(2,10(18)13-3)7-8(14-15-12)16-6-4-5-9(16)17;1-4-9-5(8)6(2,3)7;1-2-7-5-3-4-6(7)8;1-2;1-3-2;/h9H,3-8H2,1-2H3;9H,4-8H2,1-3H3;9H,4-8H2,1-3H3;8H,4-7H2,1-3H3,(H,13,18);4H2,1-3H3;2H,1,3-5H2;2H2,1H3;;/q;;;;;;;-1;+1. The Morgan fingerprint density at radius 2 is 0.802 bits per heavy atom. The number of azide groups is 3. The molecule has 0 radical (unpaired) electrons. The molecule has 0 spiro atoms. The van der Waals surface area contributed by atoms with Gasteiger partial charge in [0.1, 0.15) is 22.8 Å². The van der Waals surface area contributed by atoms with Crippen molar-refractivity contribution >= 4 is 103 Å². The van der Waals surface area contributed by atoms with E-state index in [4.69, 9.17) is 46.7 Å². The van der Waals surface area contributed by atoms with E-state index in [0.717, 1.165) is 38.8 Å². The van der Waals surface area contributed by atoms with Gasteiger partial charge in [-0.05, 0) is 164 Å². The predicted octanol–water partition coefficient (Wildman–Crippen LogP) is 7.13. The number of esters is 3. The van der Waals surface area contributed by atoms with Gasteiger partial charge >= 0.3 is 53.4 Å². The Morgan fingerprint density at radius 3 is 1.06 bits per heavy atom. The Labute approximate surface area is 630 Å². The number of nitrogens with zero attached hydrogens (tertiary/aromatic N) is 18. The van der Waals surface area contributed by atoms with Gasteiger partial charge < -0.3 is 65.7 Å². The zero-order chi connectivity index (χ0) is 77.4. The SMILES string of the molecule is C=CN1CCCC1=O.CC(C)(CC(N=[N+]=[N-])N1CCCC1=O)C(=O)ON1C(=O)CCC1=O.CCOC(=O)C(C)(C)Br.CCOC(=O)C(C)(C)CC(Br)N1CCCC1=O.CCOC(=O)C(C)(C)CC(N=[N+]=[N-])N1CCCC1=O.CN.CNC(=O)C(C)(C)CC(N=[N+]=[N-])N1CCCC1=O.[N-]=[N+]=[N-].[Na+]. The minimum absolute atomic E-state index is 0. The first-order valence-electron chi connectivity index (χ1n) is 32.7. The third-order valence-electron chi connectivity index (χ3n) is 15.5. The molecule has 562 valence electrons. The smallest absolute Gasteiger partial charge is 0.466 e. The maximum absolute atomic E-state index is 12.3. The van der Waals surface area contributed by atoms with Gasteiger partial charge in [0.05, 0.1) is 41.0 Å². The Bertz CT molecular complexity index is 2970. The van der Waals surface area contributed by atoms with E-state index >= 15 is 0 Å². The number of halogens is 2. The van der Waals surface area contributed by atoms with E-state index in [1.807, 2.05) is 13.8 Å². The number of rotatable bonds is 25. The number of carbonyl (C=O) groups is 12. The summed E-state index contributed by atoms with van der Waals surface area (Å²) >= 11 is 6.67. The van der Waals surface area contributed by atoms with Gasteiger partial charge in [-0.3, -0.25) is 57.7 Å². The molecule has 0 aromatic heterocycles. The first kappa shape index (κ1) is 97.9. The third-order valence-corrected chi connectivity index (χ3v) is 16.6.